The van der Waals surface area contributed by atoms with Gasteiger partial charge >= 0.3 is 0 Å². The first kappa shape index (κ1) is 20.1. The molecule has 168 valence electrons. The third kappa shape index (κ3) is 2.64. The highest BCUT2D eigenvalue weighted by Gasteiger charge is 2.58. The van der Waals surface area contributed by atoms with Crippen molar-refractivity contribution in [2.24, 2.45) is 18.4 Å². The highest BCUT2D eigenvalue weighted by atomic mass is 32.2. The smallest absolute Gasteiger partial charge is 0.262 e. The number of benzene rings is 1. The molecule has 9 heteroatoms. The highest BCUT2D eigenvalue weighted by Crippen LogP contribution is 2.59. The summed E-state index contributed by atoms with van der Waals surface area (Å²) < 4.78 is 31.5. The molecule has 2 fully saturated rings. The Bertz CT molecular complexity index is 1280. The fourth-order valence-corrected chi connectivity index (χ4v) is 7.51. The van der Waals surface area contributed by atoms with Gasteiger partial charge in [0.05, 0.1) is 30.4 Å². The monoisotopic (exact) mass is 453 g/mol. The molecule has 0 radical (unpaired) electrons. The summed E-state index contributed by atoms with van der Waals surface area (Å²) in [5.74, 6) is 0.776. The number of sulfonamides is 1. The van der Waals surface area contributed by atoms with Crippen LogP contribution in [0.4, 0.5) is 0 Å². The van der Waals surface area contributed by atoms with Crippen LogP contribution in [0.15, 0.2) is 48.0 Å². The van der Waals surface area contributed by atoms with Crippen molar-refractivity contribution in [3.8, 4) is 11.3 Å². The molecule has 32 heavy (non-hydrogen) atoms. The van der Waals surface area contributed by atoms with E-state index in [1.165, 1.54) is 15.4 Å². The molecular weight excluding hydrogens is 426 g/mol. The number of hydrogen-bond donors (Lipinski definition) is 1. The molecule has 3 aromatic rings. The van der Waals surface area contributed by atoms with Gasteiger partial charge in [0.15, 0.2) is 5.03 Å². The molecule has 1 spiro atoms. The molecule has 8 nitrogen and oxygen atoms in total. The van der Waals surface area contributed by atoms with Crippen molar-refractivity contribution in [2.45, 2.75) is 43.4 Å². The predicted molar refractivity (Wildman–Crippen MR) is 118 cm³/mol. The number of rotatable bonds is 3. The summed E-state index contributed by atoms with van der Waals surface area (Å²) in [4.78, 5) is 8.56. The van der Waals surface area contributed by atoms with E-state index in [9.17, 15) is 13.5 Å². The van der Waals surface area contributed by atoms with E-state index in [0.717, 1.165) is 12.1 Å². The zero-order valence-corrected chi connectivity index (χ0v) is 19.0. The van der Waals surface area contributed by atoms with Gasteiger partial charge in [-0.15, -0.1) is 0 Å². The molecular formula is C23H27N5O3S. The number of nitrogens with zero attached hydrogens (tertiary/aromatic N) is 5. The molecule has 1 saturated heterocycles. The molecule has 1 aliphatic carbocycles. The van der Waals surface area contributed by atoms with Crippen LogP contribution in [0.25, 0.3) is 11.3 Å². The van der Waals surface area contributed by atoms with Crippen LogP contribution in [0.2, 0.25) is 0 Å². The summed E-state index contributed by atoms with van der Waals surface area (Å²) in [7, 11) is -1.81. The van der Waals surface area contributed by atoms with Gasteiger partial charge in [0.25, 0.3) is 10.0 Å². The van der Waals surface area contributed by atoms with Gasteiger partial charge in [-0.3, -0.25) is 0 Å². The van der Waals surface area contributed by atoms with Gasteiger partial charge < -0.3 is 14.2 Å². The Morgan fingerprint density at radius 2 is 1.94 bits per heavy atom. The van der Waals surface area contributed by atoms with Crippen LogP contribution >= 0.6 is 0 Å². The van der Waals surface area contributed by atoms with Gasteiger partial charge in [-0.1, -0.05) is 24.3 Å². The molecule has 1 aromatic carbocycles. The Labute approximate surface area is 187 Å². The summed E-state index contributed by atoms with van der Waals surface area (Å²) in [6, 6.07) is 8.44. The van der Waals surface area contributed by atoms with Crippen LogP contribution in [-0.4, -0.2) is 56.1 Å². The number of hydrogen-bond acceptors (Lipinski definition) is 5. The predicted octanol–water partition coefficient (Wildman–Crippen LogP) is 2.35. The van der Waals surface area contributed by atoms with Gasteiger partial charge in [-0.05, 0) is 37.2 Å². The zero-order chi connectivity index (χ0) is 22.3. The third-order valence-corrected chi connectivity index (χ3v) is 9.78. The van der Waals surface area contributed by atoms with E-state index in [4.69, 9.17) is 0 Å². The van der Waals surface area contributed by atoms with E-state index < -0.39 is 16.1 Å². The number of aliphatic hydroxyl groups is 1. The molecule has 0 amide bonds. The standard InChI is InChI=1S/C23H27N5O3S/c1-15-25-20(13-26(15)2)32(30,31)27-9-7-23(8-10-27)11-18(22(23)29)21-17-6-4-3-5-16(17)19-12-24-14-28(19)21/h3-6,12-14,18,21-22,29H,7-11H2,1-2H3. The number of fused-ring (bicyclic) bond motifs is 3. The number of piperidine rings is 1. The number of imidazole rings is 2. The van der Waals surface area contributed by atoms with Crippen LogP contribution in [0.5, 0.6) is 0 Å². The van der Waals surface area contributed by atoms with Gasteiger partial charge in [-0.25, -0.2) is 18.4 Å². The van der Waals surface area contributed by atoms with E-state index in [0.29, 0.717) is 31.8 Å². The van der Waals surface area contributed by atoms with Crippen molar-refractivity contribution in [2.75, 3.05) is 13.1 Å². The van der Waals surface area contributed by atoms with Gasteiger partial charge in [0, 0.05) is 37.8 Å². The molecule has 4 heterocycles. The zero-order valence-electron chi connectivity index (χ0n) is 18.2. The summed E-state index contributed by atoms with van der Waals surface area (Å²) >= 11 is 0. The Morgan fingerprint density at radius 3 is 2.62 bits per heavy atom. The largest absolute Gasteiger partial charge is 0.392 e. The van der Waals surface area contributed by atoms with E-state index in [2.05, 4.69) is 32.7 Å². The van der Waals surface area contributed by atoms with Gasteiger partial charge in [0.2, 0.25) is 0 Å². The fraction of sp³-hybridized carbons (Fsp3) is 0.478. The summed E-state index contributed by atoms with van der Waals surface area (Å²) in [5, 5.41) is 11.5. The average Bonchev–Trinajstić information content (AvgIpc) is 3.48. The number of aliphatic hydroxyl groups excluding tert-OH is 1. The van der Waals surface area contributed by atoms with Crippen molar-refractivity contribution in [3.05, 3.63) is 54.4 Å². The van der Waals surface area contributed by atoms with Crippen LogP contribution < -0.4 is 0 Å². The van der Waals surface area contributed by atoms with Gasteiger partial charge in [0.1, 0.15) is 5.82 Å². The van der Waals surface area contributed by atoms with E-state index in [1.807, 2.05) is 18.6 Å². The van der Waals surface area contributed by atoms with Crippen molar-refractivity contribution in [1.29, 1.82) is 0 Å². The molecule has 3 unspecified atom stereocenters. The first-order valence-corrected chi connectivity index (χ1v) is 12.6. The Balaban J connectivity index is 1.20. The minimum atomic E-state index is -3.61. The van der Waals surface area contributed by atoms with Crippen molar-refractivity contribution < 1.29 is 13.5 Å². The van der Waals surface area contributed by atoms with Crippen molar-refractivity contribution in [3.63, 3.8) is 0 Å². The van der Waals surface area contributed by atoms with Crippen molar-refractivity contribution >= 4 is 10.0 Å². The summed E-state index contributed by atoms with van der Waals surface area (Å²) in [6.45, 7) is 2.63. The average molecular weight is 454 g/mol. The van der Waals surface area contributed by atoms with Gasteiger partial charge in [-0.2, -0.15) is 4.31 Å². The third-order valence-electron chi connectivity index (χ3n) is 8.01. The SMILES string of the molecule is Cc1nc(S(=O)(=O)N2CCC3(CC2)CC(C2c4ccccc4-c4cncn42)C3O)cn1C. The first-order valence-electron chi connectivity index (χ1n) is 11.1. The lowest BCUT2D eigenvalue weighted by Gasteiger charge is -2.57. The second-order valence-electron chi connectivity index (χ2n) is 9.53. The van der Waals surface area contributed by atoms with Crippen LogP contribution in [0.1, 0.15) is 36.7 Å². The van der Waals surface area contributed by atoms with Crippen LogP contribution in [0.3, 0.4) is 0 Å². The van der Waals surface area contributed by atoms with E-state index >= 15 is 0 Å². The maximum atomic E-state index is 13.0. The Hall–Kier alpha value is -2.49. The Morgan fingerprint density at radius 1 is 1.19 bits per heavy atom. The molecule has 1 N–H and O–H groups in total. The number of aromatic nitrogens is 4. The molecule has 2 aromatic heterocycles. The molecule has 0 bridgehead atoms. The summed E-state index contributed by atoms with van der Waals surface area (Å²) in [6.07, 6.45) is 7.09. The quantitative estimate of drug-likeness (QED) is 0.657. The number of aryl methyl sites for hydroxylation is 2. The molecule has 1 saturated carbocycles. The Kier molecular flexibility index (Phi) is 4.25. The topological polar surface area (TPSA) is 93.2 Å². The lowest BCUT2D eigenvalue weighted by Crippen LogP contribution is -2.59. The molecule has 6 rings (SSSR count). The highest BCUT2D eigenvalue weighted by molar-refractivity contribution is 7.89. The second-order valence-corrected chi connectivity index (χ2v) is 11.4. The lowest BCUT2D eigenvalue weighted by atomic mass is 9.53. The summed E-state index contributed by atoms with van der Waals surface area (Å²) in [5.41, 5.74) is 3.32. The maximum Gasteiger partial charge on any atom is 0.262 e. The molecule has 3 aliphatic rings. The normalized spacial score (nSPS) is 26.7. The van der Waals surface area contributed by atoms with Crippen LogP contribution in [0, 0.1) is 18.3 Å². The molecule has 2 aliphatic heterocycles. The minimum Gasteiger partial charge on any atom is -0.392 e. The minimum absolute atomic E-state index is 0.0857. The van der Waals surface area contributed by atoms with Crippen molar-refractivity contribution in [1.82, 2.24) is 23.4 Å². The van der Waals surface area contributed by atoms with E-state index in [1.54, 1.807) is 24.7 Å². The lowest BCUT2D eigenvalue weighted by molar-refractivity contribution is -0.152. The fourth-order valence-electron chi connectivity index (χ4n) is 6.04. The first-order chi connectivity index (χ1) is 15.3. The second kappa shape index (κ2) is 6.76. The van der Waals surface area contributed by atoms with E-state index in [-0.39, 0.29) is 22.4 Å². The van der Waals surface area contributed by atoms with Crippen LogP contribution in [-0.2, 0) is 17.1 Å². The molecule has 3 atom stereocenters. The maximum absolute atomic E-state index is 13.0.